The summed E-state index contributed by atoms with van der Waals surface area (Å²) >= 11 is 1.39. The van der Waals surface area contributed by atoms with Crippen LogP contribution in [0.2, 0.25) is 0 Å². The average molecular weight is 401 g/mol. The highest BCUT2D eigenvalue weighted by molar-refractivity contribution is 7.99. The summed E-state index contributed by atoms with van der Waals surface area (Å²) < 4.78 is 12.7. The van der Waals surface area contributed by atoms with Crippen molar-refractivity contribution in [1.29, 1.82) is 0 Å². The van der Waals surface area contributed by atoms with Crippen molar-refractivity contribution in [1.82, 2.24) is 9.55 Å². The van der Waals surface area contributed by atoms with Gasteiger partial charge >= 0.3 is 0 Å². The Morgan fingerprint density at radius 3 is 2.86 bits per heavy atom. The van der Waals surface area contributed by atoms with Crippen LogP contribution in [0.3, 0.4) is 0 Å². The van der Waals surface area contributed by atoms with Gasteiger partial charge in [-0.2, -0.15) is 4.98 Å². The number of carbonyl (C=O) groups excluding carboxylic acids is 1. The van der Waals surface area contributed by atoms with Crippen molar-refractivity contribution in [3.05, 3.63) is 52.3 Å². The molecular formula is C20H23N3O4S. The SMILES string of the molecule is C=CCSc1nc(=O)c2c(n1C)NC(=O)C[C@H]2c1ccc(OCC)c(OC)c1. The quantitative estimate of drug-likeness (QED) is 0.436. The third-order valence-corrected chi connectivity index (χ3v) is 5.55. The molecule has 8 heteroatoms. The van der Waals surface area contributed by atoms with Crippen LogP contribution in [0.4, 0.5) is 5.82 Å². The fraction of sp³-hybridized carbons (Fsp3) is 0.350. The summed E-state index contributed by atoms with van der Waals surface area (Å²) in [5.74, 6) is 1.74. The van der Waals surface area contributed by atoms with Crippen molar-refractivity contribution >= 4 is 23.5 Å². The Bertz CT molecular complexity index is 971. The number of methoxy groups -OCH3 is 1. The maximum atomic E-state index is 12.8. The number of carbonyl (C=O) groups is 1. The average Bonchev–Trinajstić information content (AvgIpc) is 2.69. The lowest BCUT2D eigenvalue weighted by atomic mass is 9.86. The Morgan fingerprint density at radius 2 is 2.18 bits per heavy atom. The zero-order chi connectivity index (χ0) is 20.3. The van der Waals surface area contributed by atoms with Gasteiger partial charge in [-0.3, -0.25) is 9.59 Å². The number of hydrogen-bond acceptors (Lipinski definition) is 6. The molecule has 28 heavy (non-hydrogen) atoms. The molecule has 0 bridgehead atoms. The van der Waals surface area contributed by atoms with Gasteiger partial charge in [0.1, 0.15) is 5.82 Å². The highest BCUT2D eigenvalue weighted by Gasteiger charge is 2.32. The van der Waals surface area contributed by atoms with Crippen molar-refractivity contribution in [3.8, 4) is 11.5 Å². The summed E-state index contributed by atoms with van der Waals surface area (Å²) in [5.41, 5.74) is 0.954. The van der Waals surface area contributed by atoms with Gasteiger partial charge in [0.25, 0.3) is 5.56 Å². The number of nitrogens with zero attached hydrogens (tertiary/aromatic N) is 2. The van der Waals surface area contributed by atoms with Crippen molar-refractivity contribution in [2.45, 2.75) is 24.4 Å². The van der Waals surface area contributed by atoms with E-state index in [2.05, 4.69) is 16.9 Å². The molecule has 2 heterocycles. The number of amides is 1. The molecule has 1 amide bonds. The minimum absolute atomic E-state index is 0.147. The van der Waals surface area contributed by atoms with Crippen LogP contribution in [0.1, 0.15) is 30.4 Å². The summed E-state index contributed by atoms with van der Waals surface area (Å²) in [5, 5.41) is 3.37. The normalized spacial score (nSPS) is 15.5. The Balaban J connectivity index is 2.11. The third kappa shape index (κ3) is 3.77. The van der Waals surface area contributed by atoms with Crippen LogP contribution in [-0.2, 0) is 11.8 Å². The number of benzene rings is 1. The molecule has 1 aromatic carbocycles. The number of anilines is 1. The molecule has 1 N–H and O–H groups in total. The lowest BCUT2D eigenvalue weighted by Crippen LogP contribution is -2.33. The van der Waals surface area contributed by atoms with Crippen molar-refractivity contribution < 1.29 is 14.3 Å². The van der Waals surface area contributed by atoms with Gasteiger partial charge in [-0.25, -0.2) is 0 Å². The Kier molecular flexibility index (Phi) is 6.08. The van der Waals surface area contributed by atoms with E-state index in [0.717, 1.165) is 5.56 Å². The first-order valence-electron chi connectivity index (χ1n) is 8.95. The lowest BCUT2D eigenvalue weighted by Gasteiger charge is -2.27. The fourth-order valence-electron chi connectivity index (χ4n) is 3.26. The van der Waals surface area contributed by atoms with Crippen LogP contribution in [0.15, 0.2) is 40.8 Å². The maximum absolute atomic E-state index is 12.8. The summed E-state index contributed by atoms with van der Waals surface area (Å²) in [7, 11) is 3.35. The maximum Gasteiger partial charge on any atom is 0.279 e. The number of aromatic nitrogens is 2. The smallest absolute Gasteiger partial charge is 0.279 e. The van der Waals surface area contributed by atoms with Crippen molar-refractivity contribution in [2.75, 3.05) is 24.8 Å². The van der Waals surface area contributed by atoms with E-state index < -0.39 is 5.92 Å². The van der Waals surface area contributed by atoms with Gasteiger partial charge in [0, 0.05) is 25.1 Å². The minimum atomic E-state index is -0.405. The first kappa shape index (κ1) is 20.0. The Labute approximate surface area is 167 Å². The number of nitrogens with one attached hydrogen (secondary N) is 1. The molecule has 7 nitrogen and oxygen atoms in total. The van der Waals surface area contributed by atoms with E-state index in [0.29, 0.717) is 40.4 Å². The fourth-order valence-corrected chi connectivity index (χ4v) is 3.96. The second-order valence-corrected chi connectivity index (χ2v) is 7.26. The van der Waals surface area contributed by atoms with E-state index in [-0.39, 0.29) is 17.9 Å². The molecule has 2 aromatic rings. The van der Waals surface area contributed by atoms with E-state index in [1.807, 2.05) is 19.1 Å². The molecule has 0 radical (unpaired) electrons. The summed E-state index contributed by atoms with van der Waals surface area (Å²) in [6.45, 7) is 6.10. The lowest BCUT2D eigenvalue weighted by molar-refractivity contribution is -0.116. The van der Waals surface area contributed by atoms with Crippen LogP contribution in [0.25, 0.3) is 0 Å². The van der Waals surface area contributed by atoms with Gasteiger partial charge in [0.15, 0.2) is 16.7 Å². The predicted octanol–water partition coefficient (Wildman–Crippen LogP) is 2.94. The minimum Gasteiger partial charge on any atom is -0.493 e. The summed E-state index contributed by atoms with van der Waals surface area (Å²) in [6.07, 6.45) is 1.91. The third-order valence-electron chi connectivity index (χ3n) is 4.52. The molecular weight excluding hydrogens is 378 g/mol. The summed E-state index contributed by atoms with van der Waals surface area (Å²) in [6, 6.07) is 5.48. The van der Waals surface area contributed by atoms with Crippen LogP contribution in [-0.4, -0.2) is 34.9 Å². The zero-order valence-electron chi connectivity index (χ0n) is 16.2. The Morgan fingerprint density at radius 1 is 1.39 bits per heavy atom. The van der Waals surface area contributed by atoms with Crippen LogP contribution >= 0.6 is 11.8 Å². The van der Waals surface area contributed by atoms with Gasteiger partial charge in [-0.15, -0.1) is 6.58 Å². The van der Waals surface area contributed by atoms with E-state index >= 15 is 0 Å². The number of thioether (sulfide) groups is 1. The van der Waals surface area contributed by atoms with Gasteiger partial charge in [-0.1, -0.05) is 23.9 Å². The van der Waals surface area contributed by atoms with Crippen LogP contribution < -0.4 is 20.3 Å². The van der Waals surface area contributed by atoms with E-state index in [1.54, 1.807) is 30.9 Å². The topological polar surface area (TPSA) is 82.5 Å². The van der Waals surface area contributed by atoms with E-state index in [4.69, 9.17) is 9.47 Å². The van der Waals surface area contributed by atoms with Crippen LogP contribution in [0, 0.1) is 0 Å². The molecule has 0 aliphatic carbocycles. The molecule has 0 spiro atoms. The standard InChI is InChI=1S/C20H23N3O4S/c1-5-9-28-20-22-19(25)17-13(11-16(24)21-18(17)23(20)3)12-7-8-14(27-6-2)15(10-12)26-4/h5,7-8,10,13H,1,6,9,11H2,2-4H3,(H,21,24)/t13-/m0/s1. The van der Waals surface area contributed by atoms with Gasteiger partial charge < -0.3 is 19.4 Å². The molecule has 1 aromatic heterocycles. The largest absolute Gasteiger partial charge is 0.493 e. The highest BCUT2D eigenvalue weighted by atomic mass is 32.2. The number of hydrogen-bond donors (Lipinski definition) is 1. The molecule has 0 unspecified atom stereocenters. The molecule has 1 atom stereocenters. The number of ether oxygens (including phenoxy) is 2. The molecule has 148 valence electrons. The van der Waals surface area contributed by atoms with Crippen molar-refractivity contribution in [3.63, 3.8) is 0 Å². The van der Waals surface area contributed by atoms with Crippen molar-refractivity contribution in [2.24, 2.45) is 7.05 Å². The molecule has 1 aliphatic heterocycles. The number of fused-ring (bicyclic) bond motifs is 1. The van der Waals surface area contributed by atoms with Crippen LogP contribution in [0.5, 0.6) is 11.5 Å². The first-order valence-corrected chi connectivity index (χ1v) is 9.93. The van der Waals surface area contributed by atoms with Gasteiger partial charge in [-0.05, 0) is 24.6 Å². The predicted molar refractivity (Wildman–Crippen MR) is 110 cm³/mol. The van der Waals surface area contributed by atoms with E-state index in [9.17, 15) is 9.59 Å². The monoisotopic (exact) mass is 401 g/mol. The molecule has 0 fully saturated rings. The summed E-state index contributed by atoms with van der Waals surface area (Å²) in [4.78, 5) is 29.5. The molecule has 0 saturated heterocycles. The molecule has 3 rings (SSSR count). The first-order chi connectivity index (χ1) is 13.5. The van der Waals surface area contributed by atoms with E-state index in [1.165, 1.54) is 11.8 Å². The highest BCUT2D eigenvalue weighted by Crippen LogP contribution is 2.39. The Hall–Kier alpha value is -2.74. The van der Waals surface area contributed by atoms with Gasteiger partial charge in [0.05, 0.1) is 19.3 Å². The van der Waals surface area contributed by atoms with Gasteiger partial charge in [0.2, 0.25) is 5.91 Å². The number of rotatable bonds is 7. The molecule has 0 saturated carbocycles. The zero-order valence-corrected chi connectivity index (χ0v) is 17.0. The second-order valence-electron chi connectivity index (χ2n) is 6.27. The second kappa shape index (κ2) is 8.52. The molecule has 1 aliphatic rings.